The Morgan fingerprint density at radius 3 is 2.08 bits per heavy atom. The van der Waals surface area contributed by atoms with Crippen LogP contribution in [0.4, 0.5) is 11.4 Å². The summed E-state index contributed by atoms with van der Waals surface area (Å²) in [6.07, 6.45) is 0. The SMILES string of the molecule is Cc1nn(-c2ccccc2)c(O[Si](C)(C)C)c1N=Nc1ccccc1. The molecule has 3 rings (SSSR count). The van der Waals surface area contributed by atoms with Crippen LogP contribution in [-0.2, 0) is 0 Å². The summed E-state index contributed by atoms with van der Waals surface area (Å²) in [4.78, 5) is 0. The van der Waals surface area contributed by atoms with Gasteiger partial charge in [0.05, 0.1) is 17.1 Å². The van der Waals surface area contributed by atoms with Gasteiger partial charge >= 0.3 is 0 Å². The molecule has 128 valence electrons. The van der Waals surface area contributed by atoms with Crippen molar-refractivity contribution in [2.45, 2.75) is 26.6 Å². The lowest BCUT2D eigenvalue weighted by Gasteiger charge is -2.20. The van der Waals surface area contributed by atoms with Crippen molar-refractivity contribution in [2.24, 2.45) is 10.2 Å². The fourth-order valence-corrected chi connectivity index (χ4v) is 3.10. The average molecular weight is 350 g/mol. The molecule has 0 amide bonds. The molecule has 0 spiro atoms. The van der Waals surface area contributed by atoms with Crippen LogP contribution in [0.3, 0.4) is 0 Å². The fraction of sp³-hybridized carbons (Fsp3) is 0.211. The van der Waals surface area contributed by atoms with Crippen molar-refractivity contribution in [3.8, 4) is 11.6 Å². The first-order valence-electron chi connectivity index (χ1n) is 8.25. The highest BCUT2D eigenvalue weighted by atomic mass is 28.4. The topological polar surface area (TPSA) is 51.8 Å². The first kappa shape index (κ1) is 17.1. The predicted molar refractivity (Wildman–Crippen MR) is 103 cm³/mol. The Morgan fingerprint density at radius 1 is 0.880 bits per heavy atom. The molecule has 2 aromatic carbocycles. The van der Waals surface area contributed by atoms with E-state index in [0.29, 0.717) is 11.6 Å². The highest BCUT2D eigenvalue weighted by Gasteiger charge is 2.25. The first-order chi connectivity index (χ1) is 11.9. The van der Waals surface area contributed by atoms with Crippen LogP contribution >= 0.6 is 0 Å². The molecule has 1 aromatic heterocycles. The van der Waals surface area contributed by atoms with Crippen LogP contribution in [0.25, 0.3) is 5.69 Å². The lowest BCUT2D eigenvalue weighted by molar-refractivity contribution is 0.510. The molecule has 0 saturated carbocycles. The third-order valence-corrected chi connectivity index (χ3v) is 4.22. The molecule has 0 aliphatic rings. The Hall–Kier alpha value is -2.73. The summed E-state index contributed by atoms with van der Waals surface area (Å²) in [5, 5.41) is 13.4. The van der Waals surface area contributed by atoms with Crippen molar-refractivity contribution < 1.29 is 4.43 Å². The Bertz CT molecular complexity index is 868. The largest absolute Gasteiger partial charge is 0.530 e. The molecular formula is C19H22N4OSi. The molecule has 5 nitrogen and oxygen atoms in total. The van der Waals surface area contributed by atoms with Gasteiger partial charge in [0.25, 0.3) is 0 Å². The van der Waals surface area contributed by atoms with Crippen LogP contribution < -0.4 is 4.43 Å². The number of rotatable bonds is 5. The van der Waals surface area contributed by atoms with E-state index in [4.69, 9.17) is 4.43 Å². The molecule has 0 aliphatic heterocycles. The molecule has 1 heterocycles. The lowest BCUT2D eigenvalue weighted by atomic mass is 10.3. The van der Waals surface area contributed by atoms with Crippen molar-refractivity contribution in [3.05, 3.63) is 66.4 Å². The van der Waals surface area contributed by atoms with Gasteiger partial charge in [0.2, 0.25) is 14.2 Å². The minimum Gasteiger partial charge on any atom is -0.530 e. The van der Waals surface area contributed by atoms with Gasteiger partial charge in [0, 0.05) is 0 Å². The highest BCUT2D eigenvalue weighted by Crippen LogP contribution is 2.36. The first-order valence-corrected chi connectivity index (χ1v) is 11.7. The van der Waals surface area contributed by atoms with Crippen molar-refractivity contribution in [3.63, 3.8) is 0 Å². The molecule has 3 aromatic rings. The third-order valence-electron chi connectivity index (χ3n) is 3.41. The van der Waals surface area contributed by atoms with Crippen LogP contribution in [0.5, 0.6) is 5.88 Å². The van der Waals surface area contributed by atoms with E-state index in [1.54, 1.807) is 0 Å². The number of hydrogen-bond acceptors (Lipinski definition) is 4. The van der Waals surface area contributed by atoms with Crippen LogP contribution in [0.1, 0.15) is 5.69 Å². The van der Waals surface area contributed by atoms with Gasteiger partial charge in [0.1, 0.15) is 0 Å². The Balaban J connectivity index is 2.08. The fourth-order valence-electron chi connectivity index (χ4n) is 2.34. The quantitative estimate of drug-likeness (QED) is 0.430. The lowest BCUT2D eigenvalue weighted by Crippen LogP contribution is -2.30. The maximum Gasteiger partial charge on any atom is 0.244 e. The summed E-state index contributed by atoms with van der Waals surface area (Å²) < 4.78 is 8.13. The van der Waals surface area contributed by atoms with E-state index in [1.165, 1.54) is 0 Å². The summed E-state index contributed by atoms with van der Waals surface area (Å²) in [5.74, 6) is 0.655. The Labute approximate surface area is 149 Å². The molecule has 0 atom stereocenters. The molecule has 0 unspecified atom stereocenters. The summed E-state index contributed by atoms with van der Waals surface area (Å²) in [7, 11) is -1.85. The van der Waals surface area contributed by atoms with E-state index in [1.807, 2.05) is 72.3 Å². The monoisotopic (exact) mass is 350 g/mol. The van der Waals surface area contributed by atoms with Gasteiger partial charge in [-0.25, -0.2) is 0 Å². The second kappa shape index (κ2) is 7.02. The van der Waals surface area contributed by atoms with Gasteiger partial charge in [0.15, 0.2) is 5.69 Å². The summed E-state index contributed by atoms with van der Waals surface area (Å²) in [6.45, 7) is 8.35. The standard InChI is InChI=1S/C19H22N4OSi/c1-15-18(21-20-16-11-7-5-8-12-16)19(24-25(2,3)4)23(22-15)17-13-9-6-10-14-17/h5-14H,1-4H3. The average Bonchev–Trinajstić information content (AvgIpc) is 2.89. The molecule has 0 aliphatic carbocycles. The van der Waals surface area contributed by atoms with Crippen molar-refractivity contribution in [1.29, 1.82) is 0 Å². The summed E-state index contributed by atoms with van der Waals surface area (Å²) in [5.41, 5.74) is 3.21. The molecule has 25 heavy (non-hydrogen) atoms. The van der Waals surface area contributed by atoms with Gasteiger partial charge in [-0.15, -0.1) is 5.11 Å². The van der Waals surface area contributed by atoms with Gasteiger partial charge in [-0.1, -0.05) is 36.4 Å². The molecule has 0 fully saturated rings. The molecule has 0 saturated heterocycles. The van der Waals surface area contributed by atoms with Crippen LogP contribution in [0, 0.1) is 6.92 Å². The Kier molecular flexibility index (Phi) is 4.80. The molecule has 0 radical (unpaired) electrons. The van der Waals surface area contributed by atoms with E-state index in [9.17, 15) is 0 Å². The number of azo groups is 1. The zero-order chi connectivity index (χ0) is 17.9. The number of aromatic nitrogens is 2. The summed E-state index contributed by atoms with van der Waals surface area (Å²) >= 11 is 0. The van der Waals surface area contributed by atoms with E-state index in [-0.39, 0.29) is 0 Å². The maximum atomic E-state index is 6.31. The smallest absolute Gasteiger partial charge is 0.244 e. The van der Waals surface area contributed by atoms with Gasteiger partial charge in [-0.2, -0.15) is 14.9 Å². The van der Waals surface area contributed by atoms with E-state index < -0.39 is 8.32 Å². The zero-order valence-electron chi connectivity index (χ0n) is 15.0. The number of aryl methyl sites for hydroxylation is 1. The van der Waals surface area contributed by atoms with E-state index >= 15 is 0 Å². The third kappa shape index (κ3) is 4.22. The van der Waals surface area contributed by atoms with Gasteiger partial charge < -0.3 is 4.43 Å². The minimum atomic E-state index is -1.85. The summed E-state index contributed by atoms with van der Waals surface area (Å²) in [6, 6.07) is 19.6. The normalized spacial score (nSPS) is 11.8. The molecular weight excluding hydrogens is 328 g/mol. The zero-order valence-corrected chi connectivity index (χ0v) is 16.0. The Morgan fingerprint density at radius 2 is 1.48 bits per heavy atom. The van der Waals surface area contributed by atoms with Gasteiger partial charge in [-0.05, 0) is 50.8 Å². The van der Waals surface area contributed by atoms with Crippen molar-refractivity contribution >= 4 is 19.7 Å². The maximum absolute atomic E-state index is 6.31. The minimum absolute atomic E-state index is 0.655. The number of hydrogen-bond donors (Lipinski definition) is 0. The highest BCUT2D eigenvalue weighted by molar-refractivity contribution is 6.70. The number of benzene rings is 2. The predicted octanol–water partition coefficient (Wildman–Crippen LogP) is 5.81. The van der Waals surface area contributed by atoms with Crippen LogP contribution in [-0.4, -0.2) is 18.1 Å². The molecule has 0 N–H and O–H groups in total. The second-order valence-electron chi connectivity index (χ2n) is 6.74. The molecule has 0 bridgehead atoms. The van der Waals surface area contributed by atoms with Crippen molar-refractivity contribution in [1.82, 2.24) is 9.78 Å². The second-order valence-corrected chi connectivity index (χ2v) is 11.2. The van der Waals surface area contributed by atoms with E-state index in [2.05, 4.69) is 35.0 Å². The molecule has 6 heteroatoms. The number of nitrogens with zero attached hydrogens (tertiary/aromatic N) is 4. The van der Waals surface area contributed by atoms with Crippen LogP contribution in [0.2, 0.25) is 19.6 Å². The van der Waals surface area contributed by atoms with Crippen molar-refractivity contribution in [2.75, 3.05) is 0 Å². The van der Waals surface area contributed by atoms with Crippen LogP contribution in [0.15, 0.2) is 70.9 Å². The van der Waals surface area contributed by atoms with E-state index in [0.717, 1.165) is 17.1 Å². The number of para-hydroxylation sites is 1. The van der Waals surface area contributed by atoms with Gasteiger partial charge in [-0.3, -0.25) is 0 Å².